The molecule has 1 aromatic rings. The largest absolute Gasteiger partial charge is 0.481 e. The standard InChI is InChI=1S/C9H9NO4/c1-14-9(13)7-4-2-3-6(10-7)5-8(11)12/h2-4H,5H2,1H3,(H,11,12). The zero-order chi connectivity index (χ0) is 10.6. The fourth-order valence-electron chi connectivity index (χ4n) is 0.951. The van der Waals surface area contributed by atoms with Crippen molar-refractivity contribution in [1.82, 2.24) is 4.98 Å². The van der Waals surface area contributed by atoms with Gasteiger partial charge in [-0.1, -0.05) is 6.07 Å². The summed E-state index contributed by atoms with van der Waals surface area (Å²) in [7, 11) is 1.24. The first-order valence-electron chi connectivity index (χ1n) is 3.89. The molecular formula is C9H9NO4. The molecule has 1 heterocycles. The van der Waals surface area contributed by atoms with Crippen LogP contribution in [0.5, 0.6) is 0 Å². The molecule has 0 atom stereocenters. The van der Waals surface area contributed by atoms with Gasteiger partial charge in [-0.05, 0) is 12.1 Å². The molecule has 0 bridgehead atoms. The van der Waals surface area contributed by atoms with Gasteiger partial charge in [-0.15, -0.1) is 0 Å². The van der Waals surface area contributed by atoms with Gasteiger partial charge >= 0.3 is 11.9 Å². The number of carboxylic acids is 1. The minimum Gasteiger partial charge on any atom is -0.481 e. The highest BCUT2D eigenvalue weighted by Gasteiger charge is 2.08. The van der Waals surface area contributed by atoms with Crippen LogP contribution in [0.25, 0.3) is 0 Å². The number of pyridine rings is 1. The van der Waals surface area contributed by atoms with Gasteiger partial charge < -0.3 is 9.84 Å². The average Bonchev–Trinajstić information content (AvgIpc) is 2.16. The molecule has 1 N–H and O–H groups in total. The van der Waals surface area contributed by atoms with Crippen LogP contribution < -0.4 is 0 Å². The Bertz CT molecular complexity index is 362. The van der Waals surface area contributed by atoms with E-state index >= 15 is 0 Å². The van der Waals surface area contributed by atoms with Crippen LogP contribution in [0.1, 0.15) is 16.2 Å². The molecule has 0 saturated heterocycles. The Labute approximate surface area is 80.3 Å². The van der Waals surface area contributed by atoms with Crippen LogP contribution in [0, 0.1) is 0 Å². The van der Waals surface area contributed by atoms with E-state index in [-0.39, 0.29) is 12.1 Å². The molecule has 1 rings (SSSR count). The molecule has 0 saturated carbocycles. The minimum absolute atomic E-state index is 0.117. The Morgan fingerprint density at radius 1 is 1.50 bits per heavy atom. The van der Waals surface area contributed by atoms with Crippen molar-refractivity contribution in [3.8, 4) is 0 Å². The van der Waals surface area contributed by atoms with Crippen LogP contribution in [-0.2, 0) is 16.0 Å². The zero-order valence-electron chi connectivity index (χ0n) is 7.56. The summed E-state index contributed by atoms with van der Waals surface area (Å²) in [6.07, 6.45) is -0.204. The number of esters is 1. The van der Waals surface area contributed by atoms with E-state index in [4.69, 9.17) is 5.11 Å². The second kappa shape index (κ2) is 4.36. The number of carbonyl (C=O) groups excluding carboxylic acids is 1. The van der Waals surface area contributed by atoms with Crippen LogP contribution in [0.4, 0.5) is 0 Å². The van der Waals surface area contributed by atoms with Crippen molar-refractivity contribution in [2.24, 2.45) is 0 Å². The fourth-order valence-corrected chi connectivity index (χ4v) is 0.951. The summed E-state index contributed by atoms with van der Waals surface area (Å²) >= 11 is 0. The minimum atomic E-state index is -0.987. The Kier molecular flexibility index (Phi) is 3.17. The lowest BCUT2D eigenvalue weighted by Gasteiger charge is -2.00. The molecule has 74 valence electrons. The monoisotopic (exact) mass is 195 g/mol. The van der Waals surface area contributed by atoms with Crippen molar-refractivity contribution in [2.45, 2.75) is 6.42 Å². The Morgan fingerprint density at radius 2 is 2.21 bits per heavy atom. The van der Waals surface area contributed by atoms with E-state index in [1.807, 2.05) is 0 Å². The van der Waals surface area contributed by atoms with E-state index in [9.17, 15) is 9.59 Å². The number of nitrogens with zero attached hydrogens (tertiary/aromatic N) is 1. The lowest BCUT2D eigenvalue weighted by molar-refractivity contribution is -0.136. The summed E-state index contributed by atoms with van der Waals surface area (Å²) in [5.74, 6) is -1.56. The van der Waals surface area contributed by atoms with Crippen molar-refractivity contribution in [3.05, 3.63) is 29.6 Å². The van der Waals surface area contributed by atoms with Gasteiger partial charge in [-0.2, -0.15) is 0 Å². The van der Waals surface area contributed by atoms with Gasteiger partial charge in [0.05, 0.1) is 19.2 Å². The molecule has 0 unspecified atom stereocenters. The molecular weight excluding hydrogens is 186 g/mol. The third kappa shape index (κ3) is 2.55. The van der Waals surface area contributed by atoms with Gasteiger partial charge in [0.25, 0.3) is 0 Å². The van der Waals surface area contributed by atoms with E-state index in [0.29, 0.717) is 5.69 Å². The van der Waals surface area contributed by atoms with Gasteiger partial charge in [0.1, 0.15) is 5.69 Å². The molecule has 0 aliphatic rings. The quantitative estimate of drug-likeness (QED) is 0.710. The summed E-state index contributed by atoms with van der Waals surface area (Å²) in [4.78, 5) is 25.2. The first-order chi connectivity index (χ1) is 6.63. The number of carboxylic acid groups (broad SMARTS) is 1. The zero-order valence-corrected chi connectivity index (χ0v) is 7.56. The van der Waals surface area contributed by atoms with Crippen LogP contribution in [0.3, 0.4) is 0 Å². The highest BCUT2D eigenvalue weighted by atomic mass is 16.5. The molecule has 0 aliphatic heterocycles. The van der Waals surface area contributed by atoms with E-state index in [1.165, 1.54) is 13.2 Å². The summed E-state index contributed by atoms with van der Waals surface area (Å²) < 4.78 is 4.45. The van der Waals surface area contributed by atoms with E-state index in [1.54, 1.807) is 12.1 Å². The maximum Gasteiger partial charge on any atom is 0.356 e. The lowest BCUT2D eigenvalue weighted by Crippen LogP contribution is -2.08. The van der Waals surface area contributed by atoms with Crippen LogP contribution in [-0.4, -0.2) is 29.1 Å². The fraction of sp³-hybridized carbons (Fsp3) is 0.222. The average molecular weight is 195 g/mol. The highest BCUT2D eigenvalue weighted by Crippen LogP contribution is 2.01. The second-order valence-electron chi connectivity index (χ2n) is 2.58. The number of hydrogen-bond donors (Lipinski definition) is 1. The molecule has 1 aromatic heterocycles. The Morgan fingerprint density at radius 3 is 2.79 bits per heavy atom. The van der Waals surface area contributed by atoms with Gasteiger partial charge in [-0.25, -0.2) is 9.78 Å². The first kappa shape index (κ1) is 10.2. The number of carbonyl (C=O) groups is 2. The maximum absolute atomic E-state index is 11.0. The Balaban J connectivity index is 2.89. The molecule has 0 aliphatic carbocycles. The van der Waals surface area contributed by atoms with Crippen molar-refractivity contribution >= 4 is 11.9 Å². The number of hydrogen-bond acceptors (Lipinski definition) is 4. The van der Waals surface area contributed by atoms with Gasteiger partial charge in [-0.3, -0.25) is 4.79 Å². The summed E-state index contributed by atoms with van der Waals surface area (Å²) in [5, 5.41) is 8.50. The SMILES string of the molecule is COC(=O)c1cccc(CC(=O)O)n1. The summed E-state index contributed by atoms with van der Waals surface area (Å²) in [6, 6.07) is 4.58. The third-order valence-corrected chi connectivity index (χ3v) is 1.53. The third-order valence-electron chi connectivity index (χ3n) is 1.53. The van der Waals surface area contributed by atoms with Crippen molar-refractivity contribution < 1.29 is 19.4 Å². The van der Waals surface area contributed by atoms with E-state index < -0.39 is 11.9 Å². The van der Waals surface area contributed by atoms with Crippen molar-refractivity contribution in [2.75, 3.05) is 7.11 Å². The number of rotatable bonds is 3. The predicted molar refractivity (Wildman–Crippen MR) is 46.9 cm³/mol. The van der Waals surface area contributed by atoms with Crippen LogP contribution in [0.15, 0.2) is 18.2 Å². The molecule has 0 aromatic carbocycles. The van der Waals surface area contributed by atoms with E-state index in [2.05, 4.69) is 9.72 Å². The summed E-state index contributed by atoms with van der Waals surface area (Å²) in [5.41, 5.74) is 0.451. The molecule has 0 amide bonds. The predicted octanol–water partition coefficient (Wildman–Crippen LogP) is 0.495. The Hall–Kier alpha value is -1.91. The second-order valence-corrected chi connectivity index (χ2v) is 2.58. The van der Waals surface area contributed by atoms with Crippen molar-refractivity contribution in [3.63, 3.8) is 0 Å². The number of methoxy groups -OCH3 is 1. The normalized spacial score (nSPS) is 9.50. The maximum atomic E-state index is 11.0. The first-order valence-corrected chi connectivity index (χ1v) is 3.89. The number of ether oxygens (including phenoxy) is 1. The molecule has 0 radical (unpaired) electrons. The van der Waals surface area contributed by atoms with Crippen LogP contribution in [0.2, 0.25) is 0 Å². The number of aromatic nitrogens is 1. The number of aliphatic carboxylic acids is 1. The van der Waals surface area contributed by atoms with Crippen LogP contribution >= 0.6 is 0 Å². The van der Waals surface area contributed by atoms with Gasteiger partial charge in [0.15, 0.2) is 0 Å². The van der Waals surface area contributed by atoms with Crippen molar-refractivity contribution in [1.29, 1.82) is 0 Å². The van der Waals surface area contributed by atoms with Gasteiger partial charge in [0, 0.05) is 0 Å². The highest BCUT2D eigenvalue weighted by molar-refractivity contribution is 5.87. The molecule has 14 heavy (non-hydrogen) atoms. The topological polar surface area (TPSA) is 76.5 Å². The smallest absolute Gasteiger partial charge is 0.356 e. The lowest BCUT2D eigenvalue weighted by atomic mass is 10.2. The van der Waals surface area contributed by atoms with Gasteiger partial charge in [0.2, 0.25) is 0 Å². The molecule has 5 heteroatoms. The van der Waals surface area contributed by atoms with E-state index in [0.717, 1.165) is 0 Å². The molecule has 0 fully saturated rings. The molecule has 0 spiro atoms. The summed E-state index contributed by atoms with van der Waals surface area (Å²) in [6.45, 7) is 0. The molecule has 5 nitrogen and oxygen atoms in total.